The first-order valence-electron chi connectivity index (χ1n) is 13.1. The molecule has 2 bridgehead atoms. The predicted octanol–water partition coefficient (Wildman–Crippen LogP) is 2.47. The number of carbonyl (C=O) groups is 1. The molecule has 0 radical (unpaired) electrons. The lowest BCUT2D eigenvalue weighted by atomic mass is 9.98. The number of sulfonamides is 1. The summed E-state index contributed by atoms with van der Waals surface area (Å²) in [7, 11) is -3.32. The molecule has 0 spiro atoms. The summed E-state index contributed by atoms with van der Waals surface area (Å²) in [6, 6.07) is 8.81. The van der Waals surface area contributed by atoms with Crippen molar-refractivity contribution in [2.45, 2.75) is 69.4 Å². The van der Waals surface area contributed by atoms with E-state index in [1.807, 2.05) is 12.1 Å². The van der Waals surface area contributed by atoms with Gasteiger partial charge in [0.1, 0.15) is 12.2 Å². The highest BCUT2D eigenvalue weighted by atomic mass is 32.2. The molecule has 2 fully saturated rings. The maximum Gasteiger partial charge on any atom is 0.255 e. The minimum Gasteiger partial charge on any atom is -0.387 e. The number of amides is 1. The van der Waals surface area contributed by atoms with Crippen LogP contribution in [0, 0.1) is 11.3 Å². The molecule has 212 valence electrons. The van der Waals surface area contributed by atoms with Gasteiger partial charge in [-0.05, 0) is 63.8 Å². The van der Waals surface area contributed by atoms with Gasteiger partial charge >= 0.3 is 0 Å². The molecule has 40 heavy (non-hydrogen) atoms. The second-order valence-electron chi connectivity index (χ2n) is 11.1. The number of nitrogens with one attached hydrogen (secondary N) is 2. The molecule has 3 N–H and O–H groups in total. The Balaban J connectivity index is 1.46. The van der Waals surface area contributed by atoms with E-state index in [1.54, 1.807) is 21.0 Å². The molecule has 1 amide bonds. The molecule has 0 saturated carbocycles. The summed E-state index contributed by atoms with van der Waals surface area (Å²) < 4.78 is 42.3. The van der Waals surface area contributed by atoms with Crippen LogP contribution in [0.3, 0.4) is 0 Å². The molecule has 3 aromatic heterocycles. The molecule has 0 aliphatic carbocycles. The molecule has 11 nitrogen and oxygen atoms in total. The fourth-order valence-corrected chi connectivity index (χ4v) is 7.16. The number of nitriles is 1. The molecular weight excluding hydrogens is 537 g/mol. The molecule has 2 aliphatic rings. The number of piperidine rings is 1. The van der Waals surface area contributed by atoms with E-state index in [2.05, 4.69) is 26.8 Å². The third kappa shape index (κ3) is 5.52. The molecule has 2 aliphatic heterocycles. The maximum absolute atomic E-state index is 14.4. The number of pyridine rings is 1. The van der Waals surface area contributed by atoms with Gasteiger partial charge in [0.15, 0.2) is 0 Å². The number of aliphatic hydroxyl groups is 1. The minimum atomic E-state index is -3.32. The van der Waals surface area contributed by atoms with Crippen molar-refractivity contribution in [3.05, 3.63) is 47.8 Å². The Labute approximate surface area is 232 Å². The van der Waals surface area contributed by atoms with E-state index < -0.39 is 27.7 Å². The van der Waals surface area contributed by atoms with Crippen LogP contribution in [-0.2, 0) is 10.0 Å². The summed E-state index contributed by atoms with van der Waals surface area (Å²) in [5.74, 6) is -0.554. The number of hydrogen-bond acceptors (Lipinski definition) is 8. The van der Waals surface area contributed by atoms with E-state index in [0.29, 0.717) is 41.0 Å². The molecule has 13 heteroatoms. The minimum absolute atomic E-state index is 0.0945. The topological polar surface area (TPSA) is 153 Å². The fraction of sp³-hybridized carbons (Fsp3) is 0.481. The summed E-state index contributed by atoms with van der Waals surface area (Å²) >= 11 is 0. The van der Waals surface area contributed by atoms with Crippen molar-refractivity contribution < 1.29 is 22.7 Å². The number of carbonyl (C=O) groups excluding carboxylic acids is 1. The Kier molecular flexibility index (Phi) is 7.28. The van der Waals surface area contributed by atoms with Crippen LogP contribution in [0.25, 0.3) is 16.9 Å². The lowest BCUT2D eigenvalue weighted by Crippen LogP contribution is -2.49. The van der Waals surface area contributed by atoms with Crippen molar-refractivity contribution in [3.63, 3.8) is 0 Å². The zero-order valence-electron chi connectivity index (χ0n) is 22.5. The first-order chi connectivity index (χ1) is 18.8. The van der Waals surface area contributed by atoms with Crippen LogP contribution < -0.4 is 10.6 Å². The zero-order valence-corrected chi connectivity index (χ0v) is 23.3. The Morgan fingerprint density at radius 2 is 1.95 bits per heavy atom. The molecule has 2 unspecified atom stereocenters. The largest absolute Gasteiger partial charge is 0.387 e. The maximum atomic E-state index is 14.4. The summed E-state index contributed by atoms with van der Waals surface area (Å²) in [5, 5.41) is 29.4. The van der Waals surface area contributed by atoms with Gasteiger partial charge in [0, 0.05) is 24.3 Å². The number of nitrogens with zero attached hydrogens (tertiary/aromatic N) is 5. The van der Waals surface area contributed by atoms with Crippen molar-refractivity contribution in [2.75, 3.05) is 18.1 Å². The molecule has 3 aromatic rings. The summed E-state index contributed by atoms with van der Waals surface area (Å²) in [6.07, 6.45) is 5.17. The second kappa shape index (κ2) is 10.4. The van der Waals surface area contributed by atoms with E-state index in [4.69, 9.17) is 0 Å². The molecule has 5 heterocycles. The fourth-order valence-electron chi connectivity index (χ4n) is 5.69. The molecule has 2 saturated heterocycles. The van der Waals surface area contributed by atoms with E-state index in [1.165, 1.54) is 32.5 Å². The molecular formula is C27H32FN7O4S. The number of alkyl halides is 1. The van der Waals surface area contributed by atoms with Crippen molar-refractivity contribution in [2.24, 2.45) is 0 Å². The molecule has 3 atom stereocenters. The predicted molar refractivity (Wildman–Crippen MR) is 147 cm³/mol. The summed E-state index contributed by atoms with van der Waals surface area (Å²) in [4.78, 5) is 17.7. The number of anilines is 1. The highest BCUT2D eigenvalue weighted by Crippen LogP contribution is 2.39. The van der Waals surface area contributed by atoms with Gasteiger partial charge in [-0.3, -0.25) is 9.78 Å². The Hall–Kier alpha value is -3.60. The third-order valence-corrected chi connectivity index (χ3v) is 9.02. The highest BCUT2D eigenvalue weighted by Gasteiger charge is 2.45. The van der Waals surface area contributed by atoms with Crippen molar-refractivity contribution in [1.29, 1.82) is 5.26 Å². The average molecular weight is 570 g/mol. The van der Waals surface area contributed by atoms with Gasteiger partial charge in [0.2, 0.25) is 10.0 Å². The number of fused-ring (bicyclic) bond motifs is 3. The SMILES string of the molecule is CC(C)(O)[C@H](F)CNC(=O)c1cnc(-c2ccc3cc(C#N)cnn23)cc1NC1CC2CCC(C1)N2S(C)(=O)=O. The number of rotatable bonds is 8. The van der Waals surface area contributed by atoms with Gasteiger partial charge in [0.05, 0.1) is 58.3 Å². The van der Waals surface area contributed by atoms with Gasteiger partial charge in [-0.25, -0.2) is 17.3 Å². The second-order valence-corrected chi connectivity index (χ2v) is 13.0. The Bertz CT molecular complexity index is 1580. The normalized spacial score (nSPS) is 22.1. The van der Waals surface area contributed by atoms with Gasteiger partial charge in [-0.1, -0.05) is 0 Å². The van der Waals surface area contributed by atoms with Crippen LogP contribution in [0.2, 0.25) is 0 Å². The van der Waals surface area contributed by atoms with Crippen molar-refractivity contribution in [1.82, 2.24) is 24.2 Å². The van der Waals surface area contributed by atoms with Crippen molar-refractivity contribution in [3.8, 4) is 17.5 Å². The van der Waals surface area contributed by atoms with E-state index >= 15 is 0 Å². The van der Waals surface area contributed by atoms with Crippen LogP contribution in [0.1, 0.15) is 55.5 Å². The lowest BCUT2D eigenvalue weighted by Gasteiger charge is -2.38. The van der Waals surface area contributed by atoms with Crippen LogP contribution in [-0.4, -0.2) is 81.0 Å². The molecule has 5 rings (SSSR count). The van der Waals surface area contributed by atoms with E-state index in [9.17, 15) is 28.0 Å². The van der Waals surface area contributed by atoms with Crippen LogP contribution in [0.4, 0.5) is 10.1 Å². The number of aromatic nitrogens is 3. The van der Waals surface area contributed by atoms with Crippen molar-refractivity contribution >= 4 is 27.1 Å². The third-order valence-electron chi connectivity index (χ3n) is 7.66. The first kappa shape index (κ1) is 27.9. The van der Waals surface area contributed by atoms with Gasteiger partial charge < -0.3 is 15.7 Å². The lowest BCUT2D eigenvalue weighted by molar-refractivity contribution is -0.00177. The smallest absolute Gasteiger partial charge is 0.255 e. The first-order valence-corrected chi connectivity index (χ1v) is 15.0. The zero-order chi connectivity index (χ0) is 28.8. The Morgan fingerprint density at radius 1 is 1.25 bits per heavy atom. The monoisotopic (exact) mass is 569 g/mol. The quantitative estimate of drug-likeness (QED) is 0.374. The van der Waals surface area contributed by atoms with Gasteiger partial charge in [-0.15, -0.1) is 0 Å². The van der Waals surface area contributed by atoms with E-state index in [-0.39, 0.29) is 30.2 Å². The number of halogens is 1. The highest BCUT2D eigenvalue weighted by molar-refractivity contribution is 7.88. The summed E-state index contributed by atoms with van der Waals surface area (Å²) in [6.45, 7) is 2.29. The average Bonchev–Trinajstić information content (AvgIpc) is 3.44. The van der Waals surface area contributed by atoms with Crippen LogP contribution in [0.5, 0.6) is 0 Å². The van der Waals surface area contributed by atoms with Crippen LogP contribution >= 0.6 is 0 Å². The van der Waals surface area contributed by atoms with Crippen LogP contribution in [0.15, 0.2) is 36.7 Å². The van der Waals surface area contributed by atoms with Gasteiger partial charge in [0.25, 0.3) is 5.91 Å². The standard InChI is InChI=1S/C27H32FN7O4S/c1-27(2,37)25(28)15-31-26(36)21-14-30-23(24-7-6-18-8-16(12-29)13-32-34(18)24)11-22(21)33-17-9-19-4-5-20(10-17)35(19)40(3,38)39/h6-8,11,13-14,17,19-20,25,37H,4-5,9-10,15H2,1-3H3,(H,30,33)(H,31,36)/t17?,19?,20?,25-/m1/s1. The summed E-state index contributed by atoms with van der Waals surface area (Å²) in [5.41, 5.74) is 1.36. The number of hydrogen-bond donors (Lipinski definition) is 3. The van der Waals surface area contributed by atoms with E-state index in [0.717, 1.165) is 12.8 Å². The van der Waals surface area contributed by atoms with Gasteiger partial charge in [-0.2, -0.15) is 14.7 Å². The Morgan fingerprint density at radius 3 is 2.58 bits per heavy atom. The molecule has 0 aromatic carbocycles.